The average molecular weight is 501 g/mol. The van der Waals surface area contributed by atoms with E-state index in [0.717, 1.165) is 54.9 Å². The van der Waals surface area contributed by atoms with Gasteiger partial charge in [-0.05, 0) is 42.9 Å². The molecule has 1 aromatic heterocycles. The fraction of sp³-hybridized carbons (Fsp3) is 0.250. The van der Waals surface area contributed by atoms with Crippen molar-refractivity contribution in [3.05, 3.63) is 78.1 Å². The number of piperazine rings is 1. The number of aromatic nitrogens is 2. The zero-order valence-electron chi connectivity index (χ0n) is 20.6. The molecule has 37 heavy (non-hydrogen) atoms. The number of carbonyl (C=O) groups is 2. The average Bonchev–Trinajstić information content (AvgIpc) is 3.30. The van der Waals surface area contributed by atoms with Crippen LogP contribution in [-0.4, -0.2) is 65.0 Å². The quantitative estimate of drug-likeness (QED) is 0.333. The van der Waals surface area contributed by atoms with E-state index >= 15 is 0 Å². The van der Waals surface area contributed by atoms with E-state index in [0.29, 0.717) is 5.69 Å². The number of hydrogen-bond donors (Lipinski definition) is 3. The molecule has 0 atom stereocenters. The number of halogens is 1. The van der Waals surface area contributed by atoms with Gasteiger partial charge in [-0.3, -0.25) is 19.6 Å². The third-order valence-electron chi connectivity index (χ3n) is 6.55. The molecule has 0 spiro atoms. The van der Waals surface area contributed by atoms with Gasteiger partial charge in [-0.25, -0.2) is 4.39 Å². The molecule has 1 aliphatic heterocycles. The van der Waals surface area contributed by atoms with Gasteiger partial charge in [0.25, 0.3) is 0 Å². The van der Waals surface area contributed by atoms with Crippen LogP contribution in [0.3, 0.4) is 0 Å². The lowest BCUT2D eigenvalue weighted by Crippen LogP contribution is -2.43. The molecule has 0 aliphatic carbocycles. The first-order valence-electron chi connectivity index (χ1n) is 12.3. The molecular formula is C28H29FN6O2. The maximum atomic E-state index is 13.7. The first-order valence-corrected chi connectivity index (χ1v) is 12.3. The minimum absolute atomic E-state index is 0.0408. The van der Waals surface area contributed by atoms with Crippen LogP contribution in [0, 0.1) is 5.82 Å². The number of benzene rings is 3. The number of hydrogen-bond acceptors (Lipinski definition) is 5. The van der Waals surface area contributed by atoms with Gasteiger partial charge in [0.05, 0.1) is 16.9 Å². The third kappa shape index (κ3) is 6.02. The molecule has 4 aromatic rings. The minimum atomic E-state index is -0.594. The summed E-state index contributed by atoms with van der Waals surface area (Å²) in [4.78, 5) is 29.3. The van der Waals surface area contributed by atoms with Crippen LogP contribution in [0.1, 0.15) is 12.0 Å². The normalized spacial score (nSPS) is 14.5. The van der Waals surface area contributed by atoms with Crippen LogP contribution in [0.15, 0.2) is 66.7 Å². The highest BCUT2D eigenvalue weighted by Crippen LogP contribution is 2.28. The van der Waals surface area contributed by atoms with E-state index in [9.17, 15) is 14.0 Å². The molecule has 3 aromatic carbocycles. The summed E-state index contributed by atoms with van der Waals surface area (Å²) < 4.78 is 13.7. The van der Waals surface area contributed by atoms with Crippen LogP contribution in [0.2, 0.25) is 0 Å². The van der Waals surface area contributed by atoms with Crippen molar-refractivity contribution in [2.45, 2.75) is 13.0 Å². The molecule has 9 heteroatoms. The number of H-pyrrole nitrogens is 1. The summed E-state index contributed by atoms with van der Waals surface area (Å²) in [5.74, 6) is -1.64. The molecule has 0 bridgehead atoms. The van der Waals surface area contributed by atoms with Gasteiger partial charge in [0.2, 0.25) is 11.8 Å². The number of likely N-dealkylation sites (N-methyl/N-ethyl adjacent to an activating group) is 1. The second-order valence-corrected chi connectivity index (χ2v) is 9.36. The van der Waals surface area contributed by atoms with Crippen molar-refractivity contribution in [1.29, 1.82) is 0 Å². The van der Waals surface area contributed by atoms with E-state index in [1.807, 2.05) is 6.07 Å². The Kier molecular flexibility index (Phi) is 7.25. The van der Waals surface area contributed by atoms with E-state index in [4.69, 9.17) is 0 Å². The molecule has 0 unspecified atom stereocenters. The first-order chi connectivity index (χ1) is 17.9. The molecule has 8 nitrogen and oxygen atoms in total. The van der Waals surface area contributed by atoms with Gasteiger partial charge in [0.1, 0.15) is 12.2 Å². The van der Waals surface area contributed by atoms with Crippen molar-refractivity contribution in [1.82, 2.24) is 20.0 Å². The second-order valence-electron chi connectivity index (χ2n) is 9.36. The highest BCUT2D eigenvalue weighted by atomic mass is 19.1. The zero-order valence-corrected chi connectivity index (χ0v) is 20.6. The lowest BCUT2D eigenvalue weighted by atomic mass is 10.0. The number of rotatable bonds is 7. The number of anilines is 2. The van der Waals surface area contributed by atoms with E-state index in [1.165, 1.54) is 23.8 Å². The number of nitrogens with one attached hydrogen (secondary N) is 3. The summed E-state index contributed by atoms with van der Waals surface area (Å²) in [6, 6.07) is 19.7. The summed E-state index contributed by atoms with van der Waals surface area (Å²) in [5, 5.41) is 13.6. The van der Waals surface area contributed by atoms with Crippen LogP contribution >= 0.6 is 0 Å². The largest absolute Gasteiger partial charge is 0.326 e. The molecule has 1 saturated heterocycles. The molecule has 190 valence electrons. The smallest absolute Gasteiger partial charge is 0.233 e. The summed E-state index contributed by atoms with van der Waals surface area (Å²) >= 11 is 0. The van der Waals surface area contributed by atoms with E-state index < -0.39 is 24.1 Å². The van der Waals surface area contributed by atoms with Gasteiger partial charge in [-0.15, -0.1) is 0 Å². The number of aromatic amines is 1. The number of amides is 2. The molecule has 1 aliphatic rings. The lowest BCUT2D eigenvalue weighted by molar-refractivity contribution is -0.123. The Morgan fingerprint density at radius 1 is 0.946 bits per heavy atom. The van der Waals surface area contributed by atoms with Gasteiger partial charge in [-0.2, -0.15) is 5.10 Å². The minimum Gasteiger partial charge on any atom is -0.326 e. The molecule has 5 rings (SSSR count). The Balaban J connectivity index is 1.20. The molecule has 2 heterocycles. The predicted molar refractivity (Wildman–Crippen MR) is 143 cm³/mol. The van der Waals surface area contributed by atoms with Crippen molar-refractivity contribution in [2.75, 3.05) is 43.9 Å². The standard InChI is InChI=1S/C28H29FN6O2/c1-34-12-14-35(15-13-34)18-19-6-8-20(9-7-19)28-22-11-10-21(16-25(22)32-33-28)30-26(36)17-27(37)31-24-5-3-2-4-23(24)29/h2-11,16H,12-15,17-18H2,1H3,(H,30,36)(H,31,37)(H,32,33). The van der Waals surface area contributed by atoms with Crippen molar-refractivity contribution in [3.63, 3.8) is 0 Å². The van der Waals surface area contributed by atoms with E-state index in [1.54, 1.807) is 18.2 Å². The van der Waals surface area contributed by atoms with Gasteiger partial charge in [-0.1, -0.05) is 36.4 Å². The molecule has 3 N–H and O–H groups in total. The SMILES string of the molecule is CN1CCN(Cc2ccc(-c3n[nH]c4cc(NC(=O)CC(=O)Nc5ccccc5F)ccc34)cc2)CC1. The summed E-state index contributed by atoms with van der Waals surface area (Å²) in [7, 11) is 2.16. The molecule has 0 saturated carbocycles. The van der Waals surface area contributed by atoms with E-state index in [-0.39, 0.29) is 5.69 Å². The topological polar surface area (TPSA) is 93.4 Å². The predicted octanol–water partition coefficient (Wildman–Crippen LogP) is 4.08. The van der Waals surface area contributed by atoms with Crippen molar-refractivity contribution in [3.8, 4) is 11.3 Å². The maximum absolute atomic E-state index is 13.7. The van der Waals surface area contributed by atoms with Crippen molar-refractivity contribution < 1.29 is 14.0 Å². The van der Waals surface area contributed by atoms with Crippen LogP contribution in [0.5, 0.6) is 0 Å². The summed E-state index contributed by atoms with van der Waals surface area (Å²) in [5.41, 5.74) is 4.47. The van der Waals surface area contributed by atoms with E-state index in [2.05, 4.69) is 61.9 Å². The Labute approximate surface area is 214 Å². The lowest BCUT2D eigenvalue weighted by Gasteiger charge is -2.32. The number of para-hydroxylation sites is 1. The van der Waals surface area contributed by atoms with Crippen molar-refractivity contribution >= 4 is 34.1 Å². The maximum Gasteiger partial charge on any atom is 0.233 e. The number of nitrogens with zero attached hydrogens (tertiary/aromatic N) is 3. The fourth-order valence-electron chi connectivity index (χ4n) is 4.46. The second kappa shape index (κ2) is 10.9. The Morgan fingerprint density at radius 3 is 2.43 bits per heavy atom. The van der Waals surface area contributed by atoms with Crippen molar-refractivity contribution in [2.24, 2.45) is 0 Å². The molecule has 0 radical (unpaired) electrons. The Bertz CT molecular complexity index is 1410. The van der Waals surface area contributed by atoms with Gasteiger partial charge < -0.3 is 15.5 Å². The molecule has 2 amide bonds. The zero-order chi connectivity index (χ0) is 25.8. The highest BCUT2D eigenvalue weighted by Gasteiger charge is 2.15. The molecule has 1 fully saturated rings. The highest BCUT2D eigenvalue weighted by molar-refractivity contribution is 6.08. The van der Waals surface area contributed by atoms with Crippen LogP contribution < -0.4 is 10.6 Å². The number of carbonyl (C=O) groups excluding carboxylic acids is 2. The summed E-state index contributed by atoms with van der Waals surface area (Å²) in [6.45, 7) is 5.30. The van der Waals surface area contributed by atoms with Crippen LogP contribution in [-0.2, 0) is 16.1 Å². The first kappa shape index (κ1) is 24.6. The Morgan fingerprint density at radius 2 is 1.68 bits per heavy atom. The molecular weight excluding hydrogens is 471 g/mol. The van der Waals surface area contributed by atoms with Gasteiger partial charge in [0.15, 0.2) is 0 Å². The monoisotopic (exact) mass is 500 g/mol. The third-order valence-corrected chi connectivity index (χ3v) is 6.55. The number of fused-ring (bicyclic) bond motifs is 1. The van der Waals surface area contributed by atoms with Crippen LogP contribution in [0.4, 0.5) is 15.8 Å². The van der Waals surface area contributed by atoms with Gasteiger partial charge >= 0.3 is 0 Å². The van der Waals surface area contributed by atoms with Crippen LogP contribution in [0.25, 0.3) is 22.2 Å². The Hall–Kier alpha value is -4.08. The summed E-state index contributed by atoms with van der Waals surface area (Å²) in [6.07, 6.45) is -0.429. The fourth-order valence-corrected chi connectivity index (χ4v) is 4.46. The van der Waals surface area contributed by atoms with Gasteiger partial charge in [0, 0.05) is 49.4 Å².